The highest BCUT2D eigenvalue weighted by atomic mass is 79.9. The van der Waals surface area contributed by atoms with Crippen LogP contribution >= 0.6 is 27.7 Å². The Morgan fingerprint density at radius 1 is 0.975 bits per heavy atom. The lowest BCUT2D eigenvalue weighted by atomic mass is 10.2. The number of halogens is 1. The summed E-state index contributed by atoms with van der Waals surface area (Å²) in [6, 6.07) is 16.5. The molecule has 3 aromatic rings. The second kappa shape index (κ2) is 12.8. The molecule has 1 heterocycles. The van der Waals surface area contributed by atoms with E-state index >= 15 is 0 Å². The molecule has 0 bridgehead atoms. The smallest absolute Gasteiger partial charge is 0.339 e. The van der Waals surface area contributed by atoms with Crippen molar-refractivity contribution in [2.75, 3.05) is 26.9 Å². The molecule has 210 valence electrons. The fourth-order valence-electron chi connectivity index (χ4n) is 3.71. The van der Waals surface area contributed by atoms with Gasteiger partial charge in [-0.05, 0) is 89.6 Å². The quantitative estimate of drug-likeness (QED) is 0.181. The molecule has 0 atom stereocenters. The molecular weight excluding hydrogens is 622 g/mol. The van der Waals surface area contributed by atoms with Gasteiger partial charge >= 0.3 is 10.1 Å². The number of carbonyl (C=O) groups is 2. The van der Waals surface area contributed by atoms with E-state index in [2.05, 4.69) is 15.9 Å². The minimum Gasteiger partial charge on any atom is -0.493 e. The summed E-state index contributed by atoms with van der Waals surface area (Å²) in [7, 11) is -2.61. The van der Waals surface area contributed by atoms with Gasteiger partial charge in [-0.1, -0.05) is 29.8 Å². The molecular formula is C28H26BrNO8S2. The number of carbonyl (C=O) groups excluding carboxylic acids is 2. The number of nitrogens with zero attached hydrogens (tertiary/aromatic N) is 1. The van der Waals surface area contributed by atoms with Crippen LogP contribution in [0.2, 0.25) is 0 Å². The predicted octanol–water partition coefficient (Wildman–Crippen LogP) is 6.05. The van der Waals surface area contributed by atoms with Crippen molar-refractivity contribution < 1.29 is 36.4 Å². The highest BCUT2D eigenvalue weighted by Crippen LogP contribution is 2.40. The molecule has 1 aliphatic rings. The first kappa shape index (κ1) is 29.5. The average molecular weight is 649 g/mol. The summed E-state index contributed by atoms with van der Waals surface area (Å²) in [5, 5.41) is -0.423. The van der Waals surface area contributed by atoms with Gasteiger partial charge in [0.05, 0.1) is 29.6 Å². The third kappa shape index (κ3) is 6.80. The number of methoxy groups -OCH3 is 1. The monoisotopic (exact) mass is 647 g/mol. The number of aryl methyl sites for hydroxylation is 1. The lowest BCUT2D eigenvalue weighted by Gasteiger charge is -2.15. The molecule has 0 radical (unpaired) electrons. The molecule has 0 saturated carbocycles. The SMILES string of the molecule is CCOc1cc(/C=C2\SC(=O)N(CCOc3ccccc3OC)C2=O)cc(Br)c1OS(=O)(=O)c1ccc(C)cc1. The summed E-state index contributed by atoms with van der Waals surface area (Å²) in [6.45, 7) is 3.98. The first-order valence-electron chi connectivity index (χ1n) is 12.1. The van der Waals surface area contributed by atoms with E-state index in [-0.39, 0.29) is 41.1 Å². The number of hydrogen-bond donors (Lipinski definition) is 0. The van der Waals surface area contributed by atoms with Crippen LogP contribution in [0.25, 0.3) is 6.08 Å². The number of amides is 2. The van der Waals surface area contributed by atoms with Crippen LogP contribution in [-0.4, -0.2) is 51.3 Å². The summed E-state index contributed by atoms with van der Waals surface area (Å²) < 4.78 is 48.1. The van der Waals surface area contributed by atoms with E-state index in [1.54, 1.807) is 49.4 Å². The largest absolute Gasteiger partial charge is 0.493 e. The van der Waals surface area contributed by atoms with Crippen molar-refractivity contribution in [1.29, 1.82) is 0 Å². The lowest BCUT2D eigenvalue weighted by molar-refractivity contribution is -0.123. The molecule has 4 rings (SSSR count). The normalized spacial score (nSPS) is 14.5. The molecule has 0 N–H and O–H groups in total. The molecule has 1 fully saturated rings. The van der Waals surface area contributed by atoms with E-state index in [4.69, 9.17) is 18.4 Å². The van der Waals surface area contributed by atoms with Crippen LogP contribution in [-0.2, 0) is 14.9 Å². The molecule has 0 aliphatic carbocycles. The highest BCUT2D eigenvalue weighted by Gasteiger charge is 2.35. The summed E-state index contributed by atoms with van der Waals surface area (Å²) in [5.74, 6) is 0.721. The topological polar surface area (TPSA) is 108 Å². The van der Waals surface area contributed by atoms with Crippen molar-refractivity contribution in [3.63, 3.8) is 0 Å². The number of hydrogen-bond acceptors (Lipinski definition) is 9. The molecule has 0 spiro atoms. The van der Waals surface area contributed by atoms with Crippen molar-refractivity contribution >= 4 is 55.0 Å². The van der Waals surface area contributed by atoms with Gasteiger partial charge in [-0.2, -0.15) is 8.42 Å². The number of para-hydroxylation sites is 2. The number of benzene rings is 3. The van der Waals surface area contributed by atoms with Gasteiger partial charge in [0.15, 0.2) is 23.0 Å². The Morgan fingerprint density at radius 3 is 2.35 bits per heavy atom. The van der Waals surface area contributed by atoms with E-state index in [1.807, 2.05) is 13.0 Å². The number of imide groups is 1. The van der Waals surface area contributed by atoms with Gasteiger partial charge in [-0.25, -0.2) is 0 Å². The van der Waals surface area contributed by atoms with Crippen LogP contribution in [0.4, 0.5) is 4.79 Å². The van der Waals surface area contributed by atoms with Crippen LogP contribution in [0.15, 0.2) is 74.9 Å². The number of rotatable bonds is 11. The maximum atomic E-state index is 13.0. The zero-order valence-corrected chi connectivity index (χ0v) is 25.1. The standard InChI is InChI=1S/C28H26BrNO8S2/c1-4-36-24-16-19(15-21(29)26(24)38-40(33,34)20-11-9-18(2)10-12-20)17-25-27(31)30(28(32)39-25)13-14-37-23-8-6-5-7-22(23)35-3/h5-12,15-17H,4,13-14H2,1-3H3/b25-17-. The van der Waals surface area contributed by atoms with E-state index in [9.17, 15) is 18.0 Å². The average Bonchev–Trinajstić information content (AvgIpc) is 3.18. The Morgan fingerprint density at radius 2 is 1.68 bits per heavy atom. The Kier molecular flexibility index (Phi) is 9.44. The zero-order valence-electron chi connectivity index (χ0n) is 21.9. The van der Waals surface area contributed by atoms with E-state index < -0.39 is 21.3 Å². The zero-order chi connectivity index (χ0) is 28.9. The van der Waals surface area contributed by atoms with Crippen molar-refractivity contribution in [3.05, 3.63) is 81.2 Å². The molecule has 1 aliphatic heterocycles. The first-order chi connectivity index (χ1) is 19.1. The Bertz CT molecular complexity index is 1550. The molecule has 3 aromatic carbocycles. The van der Waals surface area contributed by atoms with Gasteiger partial charge in [-0.3, -0.25) is 14.5 Å². The number of thioether (sulfide) groups is 1. The van der Waals surface area contributed by atoms with Gasteiger partial charge in [0.1, 0.15) is 11.5 Å². The van der Waals surface area contributed by atoms with Crippen molar-refractivity contribution in [3.8, 4) is 23.0 Å². The molecule has 1 saturated heterocycles. The van der Waals surface area contributed by atoms with Crippen LogP contribution in [0.3, 0.4) is 0 Å². The molecule has 0 unspecified atom stereocenters. The number of ether oxygens (including phenoxy) is 3. The third-order valence-corrected chi connectivity index (χ3v) is 8.38. The third-order valence-electron chi connectivity index (χ3n) is 5.65. The van der Waals surface area contributed by atoms with E-state index in [1.165, 1.54) is 25.3 Å². The highest BCUT2D eigenvalue weighted by molar-refractivity contribution is 9.10. The van der Waals surface area contributed by atoms with Crippen LogP contribution in [0.1, 0.15) is 18.1 Å². The van der Waals surface area contributed by atoms with Crippen molar-refractivity contribution in [2.24, 2.45) is 0 Å². The van der Waals surface area contributed by atoms with Gasteiger partial charge in [-0.15, -0.1) is 0 Å². The van der Waals surface area contributed by atoms with Gasteiger partial charge in [0.25, 0.3) is 11.1 Å². The first-order valence-corrected chi connectivity index (χ1v) is 15.1. The van der Waals surface area contributed by atoms with Crippen LogP contribution in [0.5, 0.6) is 23.0 Å². The summed E-state index contributed by atoms with van der Waals surface area (Å²) in [5.41, 5.74) is 1.42. The van der Waals surface area contributed by atoms with Crippen LogP contribution in [0, 0.1) is 6.92 Å². The summed E-state index contributed by atoms with van der Waals surface area (Å²) in [4.78, 5) is 26.9. The lowest BCUT2D eigenvalue weighted by Crippen LogP contribution is -2.32. The van der Waals surface area contributed by atoms with Gasteiger partial charge in [0.2, 0.25) is 0 Å². The Hall–Kier alpha value is -3.48. The summed E-state index contributed by atoms with van der Waals surface area (Å²) in [6.07, 6.45) is 1.54. The summed E-state index contributed by atoms with van der Waals surface area (Å²) >= 11 is 4.17. The fourth-order valence-corrected chi connectivity index (χ4v) is 6.18. The fraction of sp³-hybridized carbons (Fsp3) is 0.214. The molecule has 2 amide bonds. The maximum Gasteiger partial charge on any atom is 0.339 e. The molecule has 40 heavy (non-hydrogen) atoms. The molecule has 9 nitrogen and oxygen atoms in total. The minimum absolute atomic E-state index is 0.000105. The van der Waals surface area contributed by atoms with Crippen molar-refractivity contribution in [1.82, 2.24) is 4.90 Å². The predicted molar refractivity (Wildman–Crippen MR) is 155 cm³/mol. The Labute approximate surface area is 245 Å². The molecule has 12 heteroatoms. The molecule has 0 aromatic heterocycles. The second-order valence-corrected chi connectivity index (χ2v) is 11.8. The second-order valence-electron chi connectivity index (χ2n) is 8.45. The Balaban J connectivity index is 1.52. The van der Waals surface area contributed by atoms with Crippen molar-refractivity contribution in [2.45, 2.75) is 18.7 Å². The van der Waals surface area contributed by atoms with Crippen LogP contribution < -0.4 is 18.4 Å². The minimum atomic E-state index is -4.14. The van der Waals surface area contributed by atoms with Gasteiger partial charge < -0.3 is 18.4 Å². The van der Waals surface area contributed by atoms with E-state index in [0.29, 0.717) is 21.5 Å². The van der Waals surface area contributed by atoms with E-state index in [0.717, 1.165) is 22.2 Å². The maximum absolute atomic E-state index is 13.0. The van der Waals surface area contributed by atoms with Gasteiger partial charge in [0, 0.05) is 0 Å².